The van der Waals surface area contributed by atoms with Gasteiger partial charge in [0.25, 0.3) is 0 Å². The van der Waals surface area contributed by atoms with Gasteiger partial charge in [-0.3, -0.25) is 0 Å². The van der Waals surface area contributed by atoms with Crippen LogP contribution in [0.3, 0.4) is 0 Å². The average molecular weight is 686 g/mol. The third kappa shape index (κ3) is 7.18. The molecule has 0 amide bonds. The molecule has 3 aromatic rings. The summed E-state index contributed by atoms with van der Waals surface area (Å²) in [6.45, 7) is 16.2. The van der Waals surface area contributed by atoms with Gasteiger partial charge in [0, 0.05) is 0 Å². The van der Waals surface area contributed by atoms with Crippen LogP contribution >= 0.6 is 19.4 Å². The standard InChI is InChI=1S/C21H26N2.C12H17NO2.2ClH.Ru/c1-14-9-16(3)20(17(4)10-14)22-7-8-23(13-22)21-18(5)11-15(2)12-19(21)6;1-11-4-2-3-5-12(11)10-13(6-8-14)7-9-15;;;/h9-12H,7-8H2,1-6H3;1-5,14-15H,6-10H2;2*1H;/q;;;;+2/p-2. The zero-order chi connectivity index (χ0) is 29.9. The van der Waals surface area contributed by atoms with Crippen LogP contribution in [0.4, 0.5) is 11.4 Å². The number of anilines is 2. The average Bonchev–Trinajstić information content (AvgIpc) is 3.29. The van der Waals surface area contributed by atoms with E-state index in [-0.39, 0.29) is 13.2 Å². The fourth-order valence-electron chi connectivity index (χ4n) is 6.13. The van der Waals surface area contributed by atoms with Crippen molar-refractivity contribution in [3.63, 3.8) is 0 Å². The molecule has 8 heteroatoms. The van der Waals surface area contributed by atoms with Crippen LogP contribution in [0.1, 0.15) is 44.5 Å². The Balaban J connectivity index is 1.98. The van der Waals surface area contributed by atoms with Crippen LogP contribution in [0, 0.1) is 41.5 Å². The maximum absolute atomic E-state index is 9.56. The van der Waals surface area contributed by atoms with Gasteiger partial charge in [-0.2, -0.15) is 0 Å². The van der Waals surface area contributed by atoms with E-state index in [1.807, 2.05) is 17.0 Å². The number of hydrogen-bond donors (Lipinski definition) is 2. The minimum absolute atomic E-state index is 0.0316. The zero-order valence-electron chi connectivity index (χ0n) is 25.0. The molecule has 0 aromatic heterocycles. The second kappa shape index (κ2) is 13.6. The fraction of sp³-hybridized carbons (Fsp3) is 0.394. The zero-order valence-corrected chi connectivity index (χ0v) is 28.2. The second-order valence-electron chi connectivity index (χ2n) is 11.0. The fourth-order valence-corrected chi connectivity index (χ4v) is 12.2. The van der Waals surface area contributed by atoms with E-state index in [4.69, 9.17) is 19.4 Å². The van der Waals surface area contributed by atoms with Gasteiger partial charge >= 0.3 is 257 Å². The normalized spacial score (nSPS) is 14.4. The summed E-state index contributed by atoms with van der Waals surface area (Å²) in [7, 11) is 15.3. The Kier molecular flexibility index (Phi) is 10.6. The van der Waals surface area contributed by atoms with E-state index < -0.39 is 11.9 Å². The first-order chi connectivity index (χ1) is 19.5. The van der Waals surface area contributed by atoms with E-state index in [0.29, 0.717) is 19.6 Å². The summed E-state index contributed by atoms with van der Waals surface area (Å²) < 4.78 is 3.11. The molecule has 2 N–H and O–H groups in total. The van der Waals surface area contributed by atoms with E-state index in [0.717, 1.165) is 28.6 Å². The van der Waals surface area contributed by atoms with Crippen molar-refractivity contribution in [2.75, 3.05) is 49.2 Å². The molecular formula is C33H43Cl2N3O2Ru. The number of nitrogens with zero attached hydrogens (tertiary/aromatic N) is 3. The molecule has 0 aliphatic carbocycles. The molecular weight excluding hydrogens is 642 g/mol. The Bertz CT molecular complexity index is 1420. The summed E-state index contributed by atoms with van der Waals surface area (Å²) >= 11 is -3.70. The number of aliphatic hydroxyl groups excluding tert-OH is 2. The Labute approximate surface area is 255 Å². The molecule has 0 atom stereocenters. The van der Waals surface area contributed by atoms with E-state index in [2.05, 4.69) is 92.3 Å². The maximum atomic E-state index is 9.56. The Morgan fingerprint density at radius 2 is 1.20 bits per heavy atom. The Morgan fingerprint density at radius 1 is 0.756 bits per heavy atom. The molecule has 0 saturated carbocycles. The van der Waals surface area contributed by atoms with Gasteiger partial charge < -0.3 is 0 Å². The van der Waals surface area contributed by atoms with Crippen molar-refractivity contribution in [1.82, 2.24) is 4.90 Å². The first kappa shape index (κ1) is 32.0. The Morgan fingerprint density at radius 3 is 1.63 bits per heavy atom. The van der Waals surface area contributed by atoms with Gasteiger partial charge in [0.15, 0.2) is 0 Å². The van der Waals surface area contributed by atoms with Crippen molar-refractivity contribution >= 4 is 39.7 Å². The topological polar surface area (TPSA) is 50.2 Å². The van der Waals surface area contributed by atoms with Crippen LogP contribution in [-0.4, -0.2) is 63.5 Å². The van der Waals surface area contributed by atoms with Crippen molar-refractivity contribution in [2.24, 2.45) is 0 Å². The van der Waals surface area contributed by atoms with Gasteiger partial charge in [-0.1, -0.05) is 0 Å². The van der Waals surface area contributed by atoms with Crippen molar-refractivity contribution in [3.8, 4) is 0 Å². The molecule has 0 spiro atoms. The number of aryl methyl sites for hydroxylation is 6. The first-order valence-corrected chi connectivity index (χ1v) is 20.4. The van der Waals surface area contributed by atoms with Gasteiger partial charge in [0.2, 0.25) is 0 Å². The van der Waals surface area contributed by atoms with Gasteiger partial charge in [-0.05, 0) is 0 Å². The van der Waals surface area contributed by atoms with Crippen LogP contribution in [0.25, 0.3) is 0 Å². The van der Waals surface area contributed by atoms with Crippen LogP contribution < -0.4 is 9.80 Å². The summed E-state index contributed by atoms with van der Waals surface area (Å²) in [4.78, 5) is 6.79. The van der Waals surface area contributed by atoms with Crippen LogP contribution in [-0.2, 0) is 18.4 Å². The number of aliphatic hydroxyl groups is 2. The monoisotopic (exact) mass is 685 g/mol. The molecule has 4 rings (SSSR count). The summed E-state index contributed by atoms with van der Waals surface area (Å²) in [5, 5.41) is 19.1. The number of hydrogen-bond acceptors (Lipinski definition) is 5. The molecule has 0 bridgehead atoms. The molecule has 1 aliphatic heterocycles. The van der Waals surface area contributed by atoms with E-state index in [1.54, 1.807) is 0 Å². The summed E-state index contributed by atoms with van der Waals surface area (Å²) in [6.07, 6.45) is 0. The van der Waals surface area contributed by atoms with Crippen LogP contribution in [0.15, 0.2) is 48.5 Å². The van der Waals surface area contributed by atoms with Gasteiger partial charge in [-0.15, -0.1) is 0 Å². The number of rotatable bonds is 9. The Hall–Kier alpha value is -1.92. The first-order valence-electron chi connectivity index (χ1n) is 14.0. The van der Waals surface area contributed by atoms with Crippen molar-refractivity contribution in [1.29, 1.82) is 0 Å². The van der Waals surface area contributed by atoms with Crippen molar-refractivity contribution in [3.05, 3.63) is 93.0 Å². The van der Waals surface area contributed by atoms with E-state index >= 15 is 0 Å². The predicted octanol–water partition coefficient (Wildman–Crippen LogP) is 6.05. The second-order valence-corrected chi connectivity index (χ2v) is 20.3. The van der Waals surface area contributed by atoms with Crippen molar-refractivity contribution in [2.45, 2.75) is 48.1 Å². The van der Waals surface area contributed by atoms with Crippen LogP contribution in [0.2, 0.25) is 0 Å². The van der Waals surface area contributed by atoms with Crippen molar-refractivity contribution < 1.29 is 22.1 Å². The molecule has 5 nitrogen and oxygen atoms in total. The third-order valence-electron chi connectivity index (χ3n) is 7.52. The summed E-state index contributed by atoms with van der Waals surface area (Å²) in [6, 6.07) is 17.1. The number of halogens is 2. The van der Waals surface area contributed by atoms with Gasteiger partial charge in [0.05, 0.1) is 0 Å². The molecule has 41 heavy (non-hydrogen) atoms. The molecule has 3 aromatic carbocycles. The third-order valence-corrected chi connectivity index (χ3v) is 13.0. The minimum atomic E-state index is -3.70. The van der Waals surface area contributed by atoms with Gasteiger partial charge in [0.1, 0.15) is 0 Å². The summed E-state index contributed by atoms with van der Waals surface area (Å²) in [5.74, 6) is 0. The SMILES string of the molecule is Cc1cc(C)c(N2CCN(c3c(C)cc(C)cc3C)[C]2=[Ru]([Cl])([Cl])=[CH]c2ccccc2CN(CCO)CCO)c(C)c1. The molecule has 224 valence electrons. The van der Waals surface area contributed by atoms with E-state index in [1.165, 1.54) is 44.8 Å². The van der Waals surface area contributed by atoms with E-state index in [9.17, 15) is 10.2 Å². The molecule has 1 aliphatic rings. The van der Waals surface area contributed by atoms with Gasteiger partial charge in [-0.25, -0.2) is 0 Å². The molecule has 1 heterocycles. The molecule has 1 saturated heterocycles. The summed E-state index contributed by atoms with van der Waals surface area (Å²) in [5.41, 5.74) is 11.8. The number of benzene rings is 3. The van der Waals surface area contributed by atoms with Crippen LogP contribution in [0.5, 0.6) is 0 Å². The predicted molar refractivity (Wildman–Crippen MR) is 174 cm³/mol. The molecule has 0 unspecified atom stereocenters. The molecule has 0 radical (unpaired) electrons. The molecule has 1 fully saturated rings. The quantitative estimate of drug-likeness (QED) is 0.269.